The molecule has 294 valence electrons. The molecule has 4 amide bonds. The first-order chi connectivity index (χ1) is 27.2. The topological polar surface area (TPSA) is 129 Å². The maximum absolute atomic E-state index is 15.4. The SMILES string of the molecule is Cc1ccc(N2C(=O)C3CC=C4C(CC5C(=O)N(Nc6ncc(C(F)(F)F)cc6Cl)C(=O)C5(c5ccc(Cl)cc5)C4c4ccccc4OCCO)C3C2=O)cc1Cl. The number of aliphatic hydroxyl groups is 1. The molecule has 3 aromatic carbocycles. The van der Waals surface area contributed by atoms with Crippen molar-refractivity contribution in [3.63, 3.8) is 0 Å². The predicted octanol–water partition coefficient (Wildman–Crippen LogP) is 7.93. The number of para-hydroxylation sites is 1. The number of rotatable bonds is 8. The van der Waals surface area contributed by atoms with Crippen LogP contribution in [0.3, 0.4) is 0 Å². The number of aromatic nitrogens is 1. The third kappa shape index (κ3) is 6.17. The Morgan fingerprint density at radius 1 is 0.930 bits per heavy atom. The minimum absolute atomic E-state index is 0.0652. The van der Waals surface area contributed by atoms with Gasteiger partial charge in [-0.25, -0.2) is 9.88 Å². The fourth-order valence-corrected chi connectivity index (χ4v) is 9.62. The van der Waals surface area contributed by atoms with Crippen molar-refractivity contribution in [2.45, 2.75) is 37.3 Å². The second kappa shape index (κ2) is 14.5. The molecule has 16 heteroatoms. The summed E-state index contributed by atoms with van der Waals surface area (Å²) < 4.78 is 46.6. The Morgan fingerprint density at radius 3 is 2.35 bits per heavy atom. The van der Waals surface area contributed by atoms with Crippen molar-refractivity contribution in [3.8, 4) is 5.75 Å². The van der Waals surface area contributed by atoms with Gasteiger partial charge in [0.25, 0.3) is 11.8 Å². The number of carbonyl (C=O) groups is 4. The molecule has 4 aliphatic rings. The minimum Gasteiger partial charge on any atom is -0.491 e. The lowest BCUT2D eigenvalue weighted by molar-refractivity contribution is -0.139. The quantitative estimate of drug-likeness (QED) is 0.135. The number of amides is 4. The molecule has 2 aliphatic carbocycles. The molecule has 57 heavy (non-hydrogen) atoms. The van der Waals surface area contributed by atoms with Gasteiger partial charge < -0.3 is 9.84 Å². The first kappa shape index (κ1) is 38.9. The number of allylic oxidation sites excluding steroid dienone is 2. The van der Waals surface area contributed by atoms with Gasteiger partial charge in [-0.15, -0.1) is 0 Å². The van der Waals surface area contributed by atoms with Crippen molar-refractivity contribution in [3.05, 3.63) is 128 Å². The molecular formula is C41H32Cl3F3N4O6. The number of halogens is 6. The van der Waals surface area contributed by atoms with Crippen LogP contribution in [0.15, 0.2) is 90.6 Å². The molecule has 10 nitrogen and oxygen atoms in total. The summed E-state index contributed by atoms with van der Waals surface area (Å²) in [4.78, 5) is 64.1. The maximum atomic E-state index is 15.4. The molecule has 0 spiro atoms. The molecule has 3 fully saturated rings. The number of nitrogens with zero attached hydrogens (tertiary/aromatic N) is 3. The Morgan fingerprint density at radius 2 is 1.67 bits per heavy atom. The number of fused-ring (bicyclic) bond motifs is 4. The van der Waals surface area contributed by atoms with Crippen LogP contribution in [0.25, 0.3) is 0 Å². The van der Waals surface area contributed by atoms with Gasteiger partial charge in [0, 0.05) is 27.7 Å². The maximum Gasteiger partial charge on any atom is 0.417 e. The van der Waals surface area contributed by atoms with Gasteiger partial charge in [0.05, 0.1) is 46.0 Å². The second-order valence-electron chi connectivity index (χ2n) is 14.5. The number of aryl methyl sites for hydroxylation is 1. The highest BCUT2D eigenvalue weighted by atomic mass is 35.5. The zero-order valence-corrected chi connectivity index (χ0v) is 32.2. The third-order valence-corrected chi connectivity index (χ3v) is 12.5. The average Bonchev–Trinajstić information content (AvgIpc) is 3.56. The van der Waals surface area contributed by atoms with Crippen molar-refractivity contribution < 1.29 is 42.2 Å². The normalized spacial score (nSPS) is 25.6. The second-order valence-corrected chi connectivity index (χ2v) is 15.7. The number of hydrogen-bond acceptors (Lipinski definition) is 8. The first-order valence-electron chi connectivity index (χ1n) is 18.0. The van der Waals surface area contributed by atoms with Crippen LogP contribution in [0, 0.1) is 30.6 Å². The van der Waals surface area contributed by atoms with Crippen LogP contribution >= 0.6 is 34.8 Å². The van der Waals surface area contributed by atoms with Crippen LogP contribution in [-0.2, 0) is 30.8 Å². The van der Waals surface area contributed by atoms with E-state index in [0.29, 0.717) is 50.4 Å². The predicted molar refractivity (Wildman–Crippen MR) is 205 cm³/mol. The van der Waals surface area contributed by atoms with Crippen LogP contribution in [0.4, 0.5) is 24.7 Å². The third-order valence-electron chi connectivity index (χ3n) is 11.5. The van der Waals surface area contributed by atoms with E-state index in [4.69, 9.17) is 39.5 Å². The van der Waals surface area contributed by atoms with Gasteiger partial charge in [0.2, 0.25) is 11.8 Å². The van der Waals surface area contributed by atoms with Gasteiger partial charge in [-0.05, 0) is 73.2 Å². The van der Waals surface area contributed by atoms with Crippen LogP contribution in [0.5, 0.6) is 5.75 Å². The summed E-state index contributed by atoms with van der Waals surface area (Å²) in [6.07, 6.45) is -2.28. The molecule has 2 saturated heterocycles. The van der Waals surface area contributed by atoms with Crippen LogP contribution in [0.2, 0.25) is 15.1 Å². The average molecular weight is 840 g/mol. The van der Waals surface area contributed by atoms with Crippen molar-refractivity contribution in [1.82, 2.24) is 9.99 Å². The number of aliphatic hydroxyl groups excluding tert-OH is 1. The molecule has 0 radical (unpaired) electrons. The van der Waals surface area contributed by atoms with Gasteiger partial charge in [-0.1, -0.05) is 82.9 Å². The van der Waals surface area contributed by atoms with Gasteiger partial charge in [-0.2, -0.15) is 18.2 Å². The lowest BCUT2D eigenvalue weighted by atomic mass is 9.49. The molecule has 6 unspecified atom stereocenters. The Labute approximate surface area is 339 Å². The summed E-state index contributed by atoms with van der Waals surface area (Å²) in [7, 11) is 0. The van der Waals surface area contributed by atoms with Gasteiger partial charge in [0.15, 0.2) is 5.82 Å². The number of imide groups is 2. The van der Waals surface area contributed by atoms with Crippen molar-refractivity contribution in [1.29, 1.82) is 0 Å². The lowest BCUT2D eigenvalue weighted by Crippen LogP contribution is -2.53. The first-order valence-corrected chi connectivity index (χ1v) is 19.1. The van der Waals surface area contributed by atoms with Crippen molar-refractivity contribution in [2.24, 2.45) is 23.7 Å². The number of alkyl halides is 3. The Hall–Kier alpha value is -4.95. The van der Waals surface area contributed by atoms with E-state index < -0.39 is 75.4 Å². The molecule has 3 heterocycles. The number of anilines is 2. The largest absolute Gasteiger partial charge is 0.491 e. The summed E-state index contributed by atoms with van der Waals surface area (Å²) in [6.45, 7) is 1.37. The zero-order chi connectivity index (χ0) is 40.6. The molecule has 1 saturated carbocycles. The fraction of sp³-hybridized carbons (Fsp3) is 0.293. The van der Waals surface area contributed by atoms with E-state index in [9.17, 15) is 32.7 Å². The van der Waals surface area contributed by atoms with E-state index in [1.165, 1.54) is 0 Å². The fourth-order valence-electron chi connectivity index (χ4n) is 9.11. The smallest absolute Gasteiger partial charge is 0.417 e. The summed E-state index contributed by atoms with van der Waals surface area (Å²) in [5.41, 5.74) is 2.27. The van der Waals surface area contributed by atoms with Crippen molar-refractivity contribution in [2.75, 3.05) is 23.5 Å². The molecule has 1 aromatic heterocycles. The molecule has 6 atom stereocenters. The van der Waals surface area contributed by atoms with Gasteiger partial charge in [-0.3, -0.25) is 24.6 Å². The summed E-state index contributed by atoms with van der Waals surface area (Å²) >= 11 is 19.1. The Kier molecular flexibility index (Phi) is 9.87. The number of hydrogen-bond donors (Lipinski definition) is 2. The standard InChI is InChI=1S/C41H32Cl3F3N4O6/c1-20-6-11-24(17-30(20)43)50-36(53)27-13-12-25-28(33(27)38(50)55)18-29-37(54)51(49-35-31(44)16-22(19-48-35)41(45,46)47)39(56)40(29,21-7-9-23(42)10-8-21)34(25)26-4-2-3-5-32(26)57-15-14-52/h2-12,16-17,19,27-29,33-34,52H,13-15,18H2,1H3,(H,48,49). The minimum atomic E-state index is -4.76. The van der Waals surface area contributed by atoms with Gasteiger partial charge >= 0.3 is 6.18 Å². The van der Waals surface area contributed by atoms with E-state index in [0.717, 1.165) is 15.5 Å². The van der Waals surface area contributed by atoms with Crippen LogP contribution in [-0.4, -0.2) is 51.9 Å². The number of hydrazine groups is 1. The van der Waals surface area contributed by atoms with E-state index in [1.807, 2.05) is 6.08 Å². The number of carbonyl (C=O) groups excluding carboxylic acids is 4. The molecule has 2 aliphatic heterocycles. The van der Waals surface area contributed by atoms with E-state index in [2.05, 4.69) is 10.4 Å². The van der Waals surface area contributed by atoms with E-state index >= 15 is 4.79 Å². The molecule has 0 bridgehead atoms. The number of pyridine rings is 1. The summed E-state index contributed by atoms with van der Waals surface area (Å²) in [5, 5.41) is 10.7. The Balaban J connectivity index is 1.32. The highest BCUT2D eigenvalue weighted by Gasteiger charge is 2.70. The van der Waals surface area contributed by atoms with E-state index in [1.54, 1.807) is 73.7 Å². The Bertz CT molecular complexity index is 2380. The molecular weight excluding hydrogens is 808 g/mol. The molecule has 2 N–H and O–H groups in total. The molecule has 4 aromatic rings. The van der Waals surface area contributed by atoms with E-state index in [-0.39, 0.29) is 31.9 Å². The monoisotopic (exact) mass is 838 g/mol. The zero-order valence-electron chi connectivity index (χ0n) is 29.9. The summed E-state index contributed by atoms with van der Waals surface area (Å²) in [6, 6.07) is 18.9. The highest BCUT2D eigenvalue weighted by Crippen LogP contribution is 2.65. The van der Waals surface area contributed by atoms with Crippen molar-refractivity contribution >= 4 is 69.9 Å². The highest BCUT2D eigenvalue weighted by molar-refractivity contribution is 6.33. The van der Waals surface area contributed by atoms with Crippen LogP contribution in [0.1, 0.15) is 41.0 Å². The number of ether oxygens (including phenoxy) is 1. The number of nitrogens with one attached hydrogen (secondary N) is 1. The lowest BCUT2D eigenvalue weighted by Gasteiger charge is -2.50. The summed E-state index contributed by atoms with van der Waals surface area (Å²) in [5.74, 6) is -7.17. The van der Waals surface area contributed by atoms with Crippen LogP contribution < -0.4 is 15.1 Å². The van der Waals surface area contributed by atoms with Gasteiger partial charge in [0.1, 0.15) is 12.4 Å². The molecule has 8 rings (SSSR count). The number of benzene rings is 3.